The van der Waals surface area contributed by atoms with Gasteiger partial charge in [-0.05, 0) is 12.8 Å². The fraction of sp³-hybridized carbons (Fsp3) is 1.00. The lowest BCUT2D eigenvalue weighted by Gasteiger charge is -2.17. The van der Waals surface area contributed by atoms with E-state index in [1.54, 1.807) is 7.11 Å². The van der Waals surface area contributed by atoms with Crippen molar-refractivity contribution in [1.82, 2.24) is 0 Å². The standard InChI is InChI=1S/C11H24O3/c1-4-6-8-13-11(7-5-2)14-10-9-12-3/h11H,4-10H2,1-3H3. The summed E-state index contributed by atoms with van der Waals surface area (Å²) in [5.41, 5.74) is 0. The Labute approximate surface area is 87.7 Å². The average Bonchev–Trinajstić information content (AvgIpc) is 2.18. The maximum Gasteiger partial charge on any atom is 0.157 e. The van der Waals surface area contributed by atoms with Crippen LogP contribution in [0.3, 0.4) is 0 Å². The van der Waals surface area contributed by atoms with Crippen molar-refractivity contribution in [3.63, 3.8) is 0 Å². The lowest BCUT2D eigenvalue weighted by atomic mass is 10.3. The first-order chi connectivity index (χ1) is 6.85. The van der Waals surface area contributed by atoms with Gasteiger partial charge in [-0.2, -0.15) is 0 Å². The first-order valence-corrected chi connectivity index (χ1v) is 5.57. The Morgan fingerprint density at radius 3 is 2.21 bits per heavy atom. The van der Waals surface area contributed by atoms with Crippen LogP contribution in [0, 0.1) is 0 Å². The summed E-state index contributed by atoms with van der Waals surface area (Å²) in [7, 11) is 1.68. The van der Waals surface area contributed by atoms with Crippen molar-refractivity contribution in [3.8, 4) is 0 Å². The van der Waals surface area contributed by atoms with Gasteiger partial charge in [0.25, 0.3) is 0 Å². The molecule has 1 atom stereocenters. The van der Waals surface area contributed by atoms with Crippen molar-refractivity contribution in [3.05, 3.63) is 0 Å². The Morgan fingerprint density at radius 2 is 1.64 bits per heavy atom. The van der Waals surface area contributed by atoms with Gasteiger partial charge in [0.2, 0.25) is 0 Å². The van der Waals surface area contributed by atoms with E-state index in [1.165, 1.54) is 0 Å². The second-order valence-corrected chi connectivity index (χ2v) is 3.31. The van der Waals surface area contributed by atoms with Gasteiger partial charge < -0.3 is 14.2 Å². The Balaban J connectivity index is 3.44. The zero-order valence-corrected chi connectivity index (χ0v) is 9.75. The summed E-state index contributed by atoms with van der Waals surface area (Å²) >= 11 is 0. The molecule has 0 rings (SSSR count). The van der Waals surface area contributed by atoms with Crippen molar-refractivity contribution >= 4 is 0 Å². The Bertz CT molecular complexity index is 96.7. The summed E-state index contributed by atoms with van der Waals surface area (Å²) in [5.74, 6) is 0. The zero-order chi connectivity index (χ0) is 10.6. The van der Waals surface area contributed by atoms with E-state index in [9.17, 15) is 0 Å². The molecular weight excluding hydrogens is 180 g/mol. The normalized spacial score (nSPS) is 13.1. The van der Waals surface area contributed by atoms with E-state index < -0.39 is 0 Å². The first-order valence-electron chi connectivity index (χ1n) is 5.57. The molecule has 0 aromatic heterocycles. The Hall–Kier alpha value is -0.120. The summed E-state index contributed by atoms with van der Waals surface area (Å²) in [6.07, 6.45) is 4.28. The molecule has 0 fully saturated rings. The third-order valence-corrected chi connectivity index (χ3v) is 1.92. The molecule has 86 valence electrons. The van der Waals surface area contributed by atoms with Gasteiger partial charge in [0.15, 0.2) is 6.29 Å². The smallest absolute Gasteiger partial charge is 0.157 e. The summed E-state index contributed by atoms with van der Waals surface area (Å²) in [5, 5.41) is 0. The van der Waals surface area contributed by atoms with Crippen molar-refractivity contribution in [2.24, 2.45) is 0 Å². The van der Waals surface area contributed by atoms with Gasteiger partial charge >= 0.3 is 0 Å². The van der Waals surface area contributed by atoms with E-state index in [1.807, 2.05) is 0 Å². The number of methoxy groups -OCH3 is 1. The molecule has 0 bridgehead atoms. The molecule has 3 heteroatoms. The molecule has 3 nitrogen and oxygen atoms in total. The monoisotopic (exact) mass is 204 g/mol. The van der Waals surface area contributed by atoms with Crippen LogP contribution in [0.1, 0.15) is 39.5 Å². The molecular formula is C11H24O3. The summed E-state index contributed by atoms with van der Waals surface area (Å²) < 4.78 is 16.0. The SMILES string of the molecule is CCCCOC(CCC)OCCOC. The van der Waals surface area contributed by atoms with Crippen molar-refractivity contribution in [2.45, 2.75) is 45.8 Å². The molecule has 0 aliphatic carbocycles. The highest BCUT2D eigenvalue weighted by Gasteiger charge is 2.07. The molecule has 0 spiro atoms. The van der Waals surface area contributed by atoms with Crippen LogP contribution in [0.4, 0.5) is 0 Å². The zero-order valence-electron chi connectivity index (χ0n) is 9.75. The fourth-order valence-corrected chi connectivity index (χ4v) is 1.07. The van der Waals surface area contributed by atoms with Crippen LogP contribution >= 0.6 is 0 Å². The maximum absolute atomic E-state index is 5.59. The molecule has 0 amide bonds. The van der Waals surface area contributed by atoms with Crippen LogP contribution in [-0.2, 0) is 14.2 Å². The highest BCUT2D eigenvalue weighted by molar-refractivity contribution is 4.45. The van der Waals surface area contributed by atoms with E-state index in [0.29, 0.717) is 13.2 Å². The number of unbranched alkanes of at least 4 members (excludes halogenated alkanes) is 1. The van der Waals surface area contributed by atoms with Gasteiger partial charge in [0, 0.05) is 13.7 Å². The maximum atomic E-state index is 5.59. The van der Waals surface area contributed by atoms with E-state index in [-0.39, 0.29) is 6.29 Å². The number of rotatable bonds is 10. The number of hydrogen-bond donors (Lipinski definition) is 0. The molecule has 0 heterocycles. The number of ether oxygens (including phenoxy) is 3. The Kier molecular flexibility index (Phi) is 10.9. The molecule has 0 saturated heterocycles. The van der Waals surface area contributed by atoms with Gasteiger partial charge in [-0.3, -0.25) is 0 Å². The molecule has 14 heavy (non-hydrogen) atoms. The average molecular weight is 204 g/mol. The third kappa shape index (κ3) is 8.48. The van der Waals surface area contributed by atoms with E-state index in [2.05, 4.69) is 13.8 Å². The van der Waals surface area contributed by atoms with Crippen LogP contribution in [0.5, 0.6) is 0 Å². The lowest BCUT2D eigenvalue weighted by Crippen LogP contribution is -2.20. The van der Waals surface area contributed by atoms with Crippen molar-refractivity contribution in [1.29, 1.82) is 0 Å². The van der Waals surface area contributed by atoms with Crippen LogP contribution in [0.25, 0.3) is 0 Å². The van der Waals surface area contributed by atoms with Gasteiger partial charge in [-0.15, -0.1) is 0 Å². The highest BCUT2D eigenvalue weighted by Crippen LogP contribution is 2.05. The van der Waals surface area contributed by atoms with Gasteiger partial charge in [0.05, 0.1) is 13.2 Å². The summed E-state index contributed by atoms with van der Waals surface area (Å²) in [6, 6.07) is 0. The minimum atomic E-state index is -0.0401. The molecule has 1 unspecified atom stereocenters. The van der Waals surface area contributed by atoms with Gasteiger partial charge in [-0.1, -0.05) is 26.7 Å². The molecule has 0 N–H and O–H groups in total. The fourth-order valence-electron chi connectivity index (χ4n) is 1.07. The second kappa shape index (κ2) is 11.0. The van der Waals surface area contributed by atoms with Crippen LogP contribution in [0.15, 0.2) is 0 Å². The lowest BCUT2D eigenvalue weighted by molar-refractivity contribution is -0.152. The minimum absolute atomic E-state index is 0.0401. The third-order valence-electron chi connectivity index (χ3n) is 1.92. The van der Waals surface area contributed by atoms with Gasteiger partial charge in [-0.25, -0.2) is 0 Å². The molecule has 0 aromatic rings. The molecule has 0 radical (unpaired) electrons. The van der Waals surface area contributed by atoms with Crippen LogP contribution in [0.2, 0.25) is 0 Å². The van der Waals surface area contributed by atoms with Crippen molar-refractivity contribution < 1.29 is 14.2 Å². The largest absolute Gasteiger partial charge is 0.382 e. The van der Waals surface area contributed by atoms with Crippen LogP contribution < -0.4 is 0 Å². The first kappa shape index (κ1) is 13.9. The minimum Gasteiger partial charge on any atom is -0.382 e. The van der Waals surface area contributed by atoms with Crippen molar-refractivity contribution in [2.75, 3.05) is 26.9 Å². The second-order valence-electron chi connectivity index (χ2n) is 3.31. The molecule has 0 aromatic carbocycles. The molecule has 0 aliphatic heterocycles. The summed E-state index contributed by atoms with van der Waals surface area (Å²) in [4.78, 5) is 0. The summed E-state index contributed by atoms with van der Waals surface area (Å²) in [6.45, 7) is 6.35. The van der Waals surface area contributed by atoms with E-state index in [4.69, 9.17) is 14.2 Å². The predicted molar refractivity (Wildman–Crippen MR) is 57.4 cm³/mol. The topological polar surface area (TPSA) is 27.7 Å². The van der Waals surface area contributed by atoms with Gasteiger partial charge in [0.1, 0.15) is 0 Å². The quantitative estimate of drug-likeness (QED) is 0.404. The molecule has 0 saturated carbocycles. The predicted octanol–water partition coefficient (Wildman–Crippen LogP) is 2.59. The highest BCUT2D eigenvalue weighted by atomic mass is 16.7. The van der Waals surface area contributed by atoms with Crippen LogP contribution in [-0.4, -0.2) is 33.2 Å². The van der Waals surface area contributed by atoms with E-state index >= 15 is 0 Å². The number of hydrogen-bond acceptors (Lipinski definition) is 3. The van der Waals surface area contributed by atoms with E-state index in [0.717, 1.165) is 32.3 Å². The Morgan fingerprint density at radius 1 is 0.929 bits per heavy atom. The molecule has 0 aliphatic rings.